The summed E-state index contributed by atoms with van der Waals surface area (Å²) in [6.07, 6.45) is 0.716. The van der Waals surface area contributed by atoms with Crippen LogP contribution in [0, 0.1) is 0 Å². The molecule has 7 heteroatoms. The van der Waals surface area contributed by atoms with Gasteiger partial charge in [-0.25, -0.2) is 0 Å². The van der Waals surface area contributed by atoms with E-state index in [2.05, 4.69) is 10.0 Å². The summed E-state index contributed by atoms with van der Waals surface area (Å²) in [5.41, 5.74) is 10.5. The van der Waals surface area contributed by atoms with Crippen LogP contribution in [-0.4, -0.2) is 27.1 Å². The van der Waals surface area contributed by atoms with Crippen LogP contribution in [0.5, 0.6) is 5.75 Å². The third kappa shape index (κ3) is 4.36. The number of methoxy groups -OCH3 is 2. The van der Waals surface area contributed by atoms with Crippen molar-refractivity contribution in [1.82, 2.24) is 0 Å². The molecular formula is C18H19N3O4. The van der Waals surface area contributed by atoms with Gasteiger partial charge < -0.3 is 14.2 Å². The molecule has 130 valence electrons. The highest BCUT2D eigenvalue weighted by Crippen LogP contribution is 2.35. The van der Waals surface area contributed by atoms with E-state index in [4.69, 9.17) is 19.7 Å². The van der Waals surface area contributed by atoms with Crippen molar-refractivity contribution in [3.05, 3.63) is 75.7 Å². The van der Waals surface area contributed by atoms with Crippen LogP contribution in [0.1, 0.15) is 21.5 Å². The lowest BCUT2D eigenvalue weighted by atomic mass is 10.0. The number of rotatable bonds is 9. The summed E-state index contributed by atoms with van der Waals surface area (Å²) in [4.78, 5) is 13.9. The molecule has 0 aromatic heterocycles. The Balaban J connectivity index is 2.42. The Morgan fingerprint density at radius 2 is 1.88 bits per heavy atom. The van der Waals surface area contributed by atoms with Crippen LogP contribution in [-0.2, 0) is 21.9 Å². The molecule has 0 saturated heterocycles. The van der Waals surface area contributed by atoms with Gasteiger partial charge >= 0.3 is 0 Å². The van der Waals surface area contributed by atoms with E-state index >= 15 is 0 Å². The first kappa shape index (κ1) is 18.5. The molecule has 0 amide bonds. The highest BCUT2D eigenvalue weighted by Gasteiger charge is 2.35. The Kier molecular flexibility index (Phi) is 6.54. The summed E-state index contributed by atoms with van der Waals surface area (Å²) in [7, 11) is 2.87. The minimum Gasteiger partial charge on any atom is -0.488 e. The highest BCUT2D eigenvalue weighted by atomic mass is 16.7. The zero-order valence-corrected chi connectivity index (χ0v) is 14.1. The molecule has 0 aliphatic carbocycles. The monoisotopic (exact) mass is 341 g/mol. The van der Waals surface area contributed by atoms with Gasteiger partial charge in [-0.15, -0.1) is 0 Å². The molecule has 0 spiro atoms. The molecule has 25 heavy (non-hydrogen) atoms. The van der Waals surface area contributed by atoms with Crippen molar-refractivity contribution in [1.29, 1.82) is 0 Å². The van der Waals surface area contributed by atoms with Gasteiger partial charge in [-0.1, -0.05) is 35.4 Å². The molecule has 0 radical (unpaired) electrons. The molecule has 0 aliphatic heterocycles. The van der Waals surface area contributed by atoms with Crippen LogP contribution in [0.3, 0.4) is 0 Å². The lowest BCUT2D eigenvalue weighted by molar-refractivity contribution is -0.208. The number of ether oxygens (including phenoxy) is 3. The molecule has 0 atom stereocenters. The number of hydrogen-bond acceptors (Lipinski definition) is 5. The largest absolute Gasteiger partial charge is 0.488 e. The standard InChI is InChI=1S/C18H19N3O4/c1-23-18(24-2,13-20-21-19)16-10-15(11-22)8-9-17(16)25-12-14-6-4-3-5-7-14/h3-11H,12-13H2,1-2H3. The van der Waals surface area contributed by atoms with Crippen molar-refractivity contribution in [2.24, 2.45) is 5.11 Å². The van der Waals surface area contributed by atoms with Gasteiger partial charge in [0.1, 0.15) is 18.6 Å². The highest BCUT2D eigenvalue weighted by molar-refractivity contribution is 5.75. The minimum absolute atomic E-state index is 0.111. The maximum Gasteiger partial charge on any atom is 0.203 e. The van der Waals surface area contributed by atoms with Crippen molar-refractivity contribution < 1.29 is 19.0 Å². The van der Waals surface area contributed by atoms with Gasteiger partial charge in [0.15, 0.2) is 0 Å². The quantitative estimate of drug-likeness (QED) is 0.228. The lowest BCUT2D eigenvalue weighted by Crippen LogP contribution is -2.34. The van der Waals surface area contributed by atoms with Crippen molar-refractivity contribution in [2.75, 3.05) is 20.8 Å². The van der Waals surface area contributed by atoms with Gasteiger partial charge in [0, 0.05) is 24.7 Å². The van der Waals surface area contributed by atoms with Gasteiger partial charge in [0.25, 0.3) is 0 Å². The fraction of sp³-hybridized carbons (Fsp3) is 0.278. The van der Waals surface area contributed by atoms with E-state index in [1.807, 2.05) is 30.3 Å². The van der Waals surface area contributed by atoms with Crippen LogP contribution >= 0.6 is 0 Å². The third-order valence-corrected chi connectivity index (χ3v) is 3.79. The third-order valence-electron chi connectivity index (χ3n) is 3.79. The smallest absolute Gasteiger partial charge is 0.203 e. The Morgan fingerprint density at radius 1 is 1.16 bits per heavy atom. The Bertz CT molecular complexity index is 754. The maximum absolute atomic E-state index is 11.2. The molecule has 2 aromatic carbocycles. The van der Waals surface area contributed by atoms with Crippen LogP contribution in [0.25, 0.3) is 10.4 Å². The zero-order chi connectivity index (χ0) is 18.1. The minimum atomic E-state index is -1.35. The fourth-order valence-electron chi connectivity index (χ4n) is 2.42. The molecule has 0 bridgehead atoms. The van der Waals surface area contributed by atoms with Crippen LogP contribution in [0.4, 0.5) is 0 Å². The lowest BCUT2D eigenvalue weighted by Gasteiger charge is -2.31. The second-order valence-electron chi connectivity index (χ2n) is 5.20. The second-order valence-corrected chi connectivity index (χ2v) is 5.20. The number of hydrogen-bond donors (Lipinski definition) is 0. The summed E-state index contributed by atoms with van der Waals surface area (Å²) >= 11 is 0. The van der Waals surface area contributed by atoms with Gasteiger partial charge in [-0.05, 0) is 29.3 Å². The average Bonchev–Trinajstić information content (AvgIpc) is 2.68. The van der Waals surface area contributed by atoms with E-state index in [-0.39, 0.29) is 6.54 Å². The fourth-order valence-corrected chi connectivity index (χ4v) is 2.42. The topological polar surface area (TPSA) is 93.5 Å². The van der Waals surface area contributed by atoms with Crippen molar-refractivity contribution in [2.45, 2.75) is 12.4 Å². The normalized spacial score (nSPS) is 10.8. The molecule has 0 aliphatic rings. The van der Waals surface area contributed by atoms with Crippen molar-refractivity contribution in [3.8, 4) is 5.75 Å². The van der Waals surface area contributed by atoms with Crippen LogP contribution in [0.2, 0.25) is 0 Å². The first-order valence-corrected chi connectivity index (χ1v) is 7.56. The number of carbonyl (C=O) groups is 1. The summed E-state index contributed by atoms with van der Waals surface area (Å²) in [6, 6.07) is 14.6. The first-order valence-electron chi connectivity index (χ1n) is 7.56. The van der Waals surface area contributed by atoms with Gasteiger partial charge in [-0.3, -0.25) is 4.79 Å². The molecule has 7 nitrogen and oxygen atoms in total. The maximum atomic E-state index is 11.2. The van der Waals surface area contributed by atoms with Gasteiger partial charge in [-0.2, -0.15) is 0 Å². The van der Waals surface area contributed by atoms with E-state index in [0.717, 1.165) is 5.56 Å². The first-order chi connectivity index (χ1) is 12.2. The second kappa shape index (κ2) is 8.84. The van der Waals surface area contributed by atoms with Crippen LogP contribution in [0.15, 0.2) is 53.6 Å². The molecule has 0 heterocycles. The van der Waals surface area contributed by atoms with Crippen LogP contribution < -0.4 is 4.74 Å². The van der Waals surface area contributed by atoms with E-state index in [1.165, 1.54) is 14.2 Å². The Labute approximate surface area is 145 Å². The molecule has 2 rings (SSSR count). The summed E-state index contributed by atoms with van der Waals surface area (Å²) < 4.78 is 16.9. The molecule has 0 N–H and O–H groups in total. The van der Waals surface area contributed by atoms with E-state index in [9.17, 15) is 4.79 Å². The Hall–Kier alpha value is -2.86. The predicted molar refractivity (Wildman–Crippen MR) is 92.3 cm³/mol. The molecular weight excluding hydrogens is 322 g/mol. The molecule has 0 fully saturated rings. The van der Waals surface area contributed by atoms with E-state index in [0.29, 0.717) is 29.8 Å². The van der Waals surface area contributed by atoms with E-state index in [1.54, 1.807) is 18.2 Å². The van der Waals surface area contributed by atoms with Gasteiger partial charge in [0.2, 0.25) is 5.79 Å². The van der Waals surface area contributed by atoms with Crippen molar-refractivity contribution >= 4 is 6.29 Å². The number of aldehydes is 1. The molecule has 2 aromatic rings. The average molecular weight is 341 g/mol. The molecule has 0 saturated carbocycles. The summed E-state index contributed by atoms with van der Waals surface area (Å²) in [5.74, 6) is -0.872. The number of azide groups is 1. The summed E-state index contributed by atoms with van der Waals surface area (Å²) in [5, 5.41) is 3.56. The van der Waals surface area contributed by atoms with Gasteiger partial charge in [0.05, 0.1) is 12.1 Å². The predicted octanol–water partition coefficient (Wildman–Crippen LogP) is 3.83. The number of carbonyl (C=O) groups excluding carboxylic acids is 1. The zero-order valence-electron chi connectivity index (χ0n) is 14.1. The van der Waals surface area contributed by atoms with E-state index < -0.39 is 5.79 Å². The molecule has 0 unspecified atom stereocenters. The number of nitrogens with zero attached hydrogens (tertiary/aromatic N) is 3. The summed E-state index contributed by atoms with van der Waals surface area (Å²) in [6.45, 7) is 0.222. The number of benzene rings is 2. The Morgan fingerprint density at radius 3 is 2.48 bits per heavy atom. The SMILES string of the molecule is COC(CN=[N+]=[N-])(OC)c1cc(C=O)ccc1OCc1ccccc1. The van der Waals surface area contributed by atoms with Crippen molar-refractivity contribution in [3.63, 3.8) is 0 Å².